The van der Waals surface area contributed by atoms with E-state index >= 15 is 0 Å². The lowest BCUT2D eigenvalue weighted by molar-refractivity contribution is 0.550. The second kappa shape index (κ2) is 3.66. The van der Waals surface area contributed by atoms with Gasteiger partial charge in [-0.2, -0.15) is 10.1 Å². The molecule has 1 rings (SSSR count). The standard InChI is InChI=1S/C6H9N5/c1-2-11-9-6(8-10-11)4-3-5-7/h2-4H2,1H3. The monoisotopic (exact) mass is 151 g/mol. The van der Waals surface area contributed by atoms with Crippen molar-refractivity contribution in [1.29, 1.82) is 5.26 Å². The molecule has 0 aliphatic carbocycles. The minimum absolute atomic E-state index is 0.454. The average Bonchev–Trinajstić information content (AvgIpc) is 2.48. The first-order valence-corrected chi connectivity index (χ1v) is 3.50. The van der Waals surface area contributed by atoms with Crippen molar-refractivity contribution in [3.05, 3.63) is 5.82 Å². The van der Waals surface area contributed by atoms with Crippen LogP contribution < -0.4 is 0 Å². The molecule has 11 heavy (non-hydrogen) atoms. The quantitative estimate of drug-likeness (QED) is 0.616. The molecule has 0 saturated carbocycles. The summed E-state index contributed by atoms with van der Waals surface area (Å²) in [6, 6.07) is 2.03. The number of tetrazole rings is 1. The van der Waals surface area contributed by atoms with Crippen LogP contribution in [-0.2, 0) is 13.0 Å². The Morgan fingerprint density at radius 2 is 2.45 bits per heavy atom. The Balaban J connectivity index is 2.53. The third-order valence-corrected chi connectivity index (χ3v) is 1.24. The molecule has 0 N–H and O–H groups in total. The maximum atomic E-state index is 8.26. The van der Waals surface area contributed by atoms with Crippen LogP contribution in [0.25, 0.3) is 0 Å². The van der Waals surface area contributed by atoms with E-state index in [2.05, 4.69) is 15.4 Å². The molecule has 0 radical (unpaired) electrons. The molecule has 5 heteroatoms. The number of hydrogen-bond acceptors (Lipinski definition) is 4. The SMILES string of the molecule is CCn1nnc(CCC#N)n1. The Hall–Kier alpha value is -1.44. The molecule has 0 spiro atoms. The summed E-state index contributed by atoms with van der Waals surface area (Å²) >= 11 is 0. The van der Waals surface area contributed by atoms with Gasteiger partial charge in [0.25, 0.3) is 0 Å². The Morgan fingerprint density at radius 1 is 1.64 bits per heavy atom. The van der Waals surface area contributed by atoms with Crippen molar-refractivity contribution in [3.8, 4) is 6.07 Å². The summed E-state index contributed by atoms with van der Waals surface area (Å²) < 4.78 is 0. The first-order valence-electron chi connectivity index (χ1n) is 3.50. The van der Waals surface area contributed by atoms with E-state index < -0.39 is 0 Å². The van der Waals surface area contributed by atoms with E-state index in [9.17, 15) is 0 Å². The number of aromatic nitrogens is 4. The molecule has 0 saturated heterocycles. The van der Waals surface area contributed by atoms with Crippen molar-refractivity contribution < 1.29 is 0 Å². The second-order valence-corrected chi connectivity index (χ2v) is 2.05. The van der Waals surface area contributed by atoms with Gasteiger partial charge in [0, 0.05) is 12.8 Å². The molecule has 5 nitrogen and oxygen atoms in total. The van der Waals surface area contributed by atoms with Gasteiger partial charge in [-0.25, -0.2) is 0 Å². The zero-order valence-corrected chi connectivity index (χ0v) is 6.36. The van der Waals surface area contributed by atoms with Crippen molar-refractivity contribution in [1.82, 2.24) is 20.2 Å². The van der Waals surface area contributed by atoms with Crippen molar-refractivity contribution in [2.45, 2.75) is 26.3 Å². The fraction of sp³-hybridized carbons (Fsp3) is 0.667. The number of nitriles is 1. The van der Waals surface area contributed by atoms with Gasteiger partial charge in [0.2, 0.25) is 0 Å². The normalized spacial score (nSPS) is 9.45. The van der Waals surface area contributed by atoms with Crippen molar-refractivity contribution in [2.75, 3.05) is 0 Å². The Labute approximate surface area is 64.6 Å². The lowest BCUT2D eigenvalue weighted by atomic mass is 10.3. The van der Waals surface area contributed by atoms with Gasteiger partial charge in [0.15, 0.2) is 5.82 Å². The smallest absolute Gasteiger partial charge is 0.175 e. The lowest BCUT2D eigenvalue weighted by Gasteiger charge is -1.86. The van der Waals surface area contributed by atoms with Crippen LogP contribution in [-0.4, -0.2) is 20.2 Å². The molecule has 0 aliphatic rings. The van der Waals surface area contributed by atoms with Gasteiger partial charge in [0.1, 0.15) is 0 Å². The Bertz CT molecular complexity index is 258. The van der Waals surface area contributed by atoms with E-state index in [1.165, 1.54) is 4.80 Å². The third-order valence-electron chi connectivity index (χ3n) is 1.24. The van der Waals surface area contributed by atoms with Crippen LogP contribution in [0, 0.1) is 11.3 Å². The average molecular weight is 151 g/mol. The fourth-order valence-electron chi connectivity index (χ4n) is 0.678. The van der Waals surface area contributed by atoms with Gasteiger partial charge in [-0.05, 0) is 12.1 Å². The van der Waals surface area contributed by atoms with Gasteiger partial charge in [-0.1, -0.05) is 0 Å². The first kappa shape index (κ1) is 7.66. The lowest BCUT2D eigenvalue weighted by Crippen LogP contribution is -1.98. The molecule has 0 bridgehead atoms. The van der Waals surface area contributed by atoms with Crippen LogP contribution in [0.1, 0.15) is 19.2 Å². The highest BCUT2D eigenvalue weighted by Gasteiger charge is 1.99. The summed E-state index contributed by atoms with van der Waals surface area (Å²) in [6.07, 6.45) is 1.05. The van der Waals surface area contributed by atoms with Crippen LogP contribution >= 0.6 is 0 Å². The fourth-order valence-corrected chi connectivity index (χ4v) is 0.678. The molecule has 0 fully saturated rings. The molecular weight excluding hydrogens is 142 g/mol. The van der Waals surface area contributed by atoms with Crippen LogP contribution in [0.5, 0.6) is 0 Å². The summed E-state index contributed by atoms with van der Waals surface area (Å²) in [4.78, 5) is 1.51. The molecule has 1 heterocycles. The molecule has 0 amide bonds. The molecule has 58 valence electrons. The number of aryl methyl sites for hydroxylation is 2. The summed E-state index contributed by atoms with van der Waals surface area (Å²) in [5.41, 5.74) is 0. The first-order chi connectivity index (χ1) is 5.36. The van der Waals surface area contributed by atoms with Gasteiger partial charge in [0.05, 0.1) is 12.6 Å². The molecule has 0 aliphatic heterocycles. The summed E-state index contributed by atoms with van der Waals surface area (Å²) in [6.45, 7) is 2.66. The number of nitrogens with zero attached hydrogens (tertiary/aromatic N) is 5. The zero-order chi connectivity index (χ0) is 8.10. The van der Waals surface area contributed by atoms with Crippen LogP contribution in [0.4, 0.5) is 0 Å². The summed E-state index contributed by atoms with van der Waals surface area (Å²) in [7, 11) is 0. The highest BCUT2D eigenvalue weighted by atomic mass is 15.6. The van der Waals surface area contributed by atoms with E-state index in [0.717, 1.165) is 6.54 Å². The predicted molar refractivity (Wildman–Crippen MR) is 37.4 cm³/mol. The van der Waals surface area contributed by atoms with Crippen molar-refractivity contribution in [3.63, 3.8) is 0 Å². The number of hydrogen-bond donors (Lipinski definition) is 0. The second-order valence-electron chi connectivity index (χ2n) is 2.05. The topological polar surface area (TPSA) is 67.4 Å². The molecular formula is C6H9N5. The minimum Gasteiger partial charge on any atom is -0.198 e. The van der Waals surface area contributed by atoms with Crippen LogP contribution in [0.2, 0.25) is 0 Å². The van der Waals surface area contributed by atoms with E-state index in [4.69, 9.17) is 5.26 Å². The zero-order valence-electron chi connectivity index (χ0n) is 6.36. The minimum atomic E-state index is 0.454. The molecule has 0 aromatic carbocycles. The molecule has 1 aromatic rings. The van der Waals surface area contributed by atoms with Gasteiger partial charge < -0.3 is 0 Å². The van der Waals surface area contributed by atoms with E-state index in [0.29, 0.717) is 18.7 Å². The highest BCUT2D eigenvalue weighted by Crippen LogP contribution is 1.91. The molecule has 0 atom stereocenters. The van der Waals surface area contributed by atoms with Gasteiger partial charge in [-0.3, -0.25) is 0 Å². The Kier molecular flexibility index (Phi) is 2.55. The summed E-state index contributed by atoms with van der Waals surface area (Å²) in [5, 5.41) is 19.8. The molecule has 0 unspecified atom stereocenters. The van der Waals surface area contributed by atoms with E-state index in [-0.39, 0.29) is 0 Å². The van der Waals surface area contributed by atoms with Gasteiger partial charge in [-0.15, -0.1) is 10.2 Å². The third kappa shape index (κ3) is 2.00. The predicted octanol–water partition coefficient (Wildman–Crippen LogP) is 0.149. The van der Waals surface area contributed by atoms with Crippen molar-refractivity contribution >= 4 is 0 Å². The maximum Gasteiger partial charge on any atom is 0.175 e. The largest absolute Gasteiger partial charge is 0.198 e. The maximum absolute atomic E-state index is 8.26. The van der Waals surface area contributed by atoms with Gasteiger partial charge >= 0.3 is 0 Å². The number of rotatable bonds is 3. The van der Waals surface area contributed by atoms with Crippen molar-refractivity contribution in [2.24, 2.45) is 0 Å². The highest BCUT2D eigenvalue weighted by molar-refractivity contribution is 4.83. The molecule has 1 aromatic heterocycles. The summed E-state index contributed by atoms with van der Waals surface area (Å²) in [5.74, 6) is 0.647. The van der Waals surface area contributed by atoms with Crippen LogP contribution in [0.15, 0.2) is 0 Å². The van der Waals surface area contributed by atoms with E-state index in [1.807, 2.05) is 13.0 Å². The van der Waals surface area contributed by atoms with E-state index in [1.54, 1.807) is 0 Å². The Morgan fingerprint density at radius 3 is 3.00 bits per heavy atom. The van der Waals surface area contributed by atoms with Crippen LogP contribution in [0.3, 0.4) is 0 Å².